The highest BCUT2D eigenvalue weighted by Crippen LogP contribution is 2.23. The number of benzene rings is 1. The van der Waals surface area contributed by atoms with Crippen molar-refractivity contribution in [2.24, 2.45) is 0 Å². The van der Waals surface area contributed by atoms with Gasteiger partial charge >= 0.3 is 0 Å². The Kier molecular flexibility index (Phi) is 4.64. The molecule has 0 radical (unpaired) electrons. The molecule has 0 saturated heterocycles. The molecular formula is C14H20N4O2S. The van der Waals surface area contributed by atoms with Crippen LogP contribution < -0.4 is 10.0 Å². The Balaban J connectivity index is 2.36. The number of sulfonamides is 1. The molecule has 0 unspecified atom stereocenters. The summed E-state index contributed by atoms with van der Waals surface area (Å²) in [4.78, 5) is 0.283. The number of aromatic amines is 1. The van der Waals surface area contributed by atoms with Crippen LogP contribution in [0.4, 0.5) is 5.69 Å². The van der Waals surface area contributed by atoms with Gasteiger partial charge in [0.15, 0.2) is 0 Å². The molecule has 0 aliphatic rings. The van der Waals surface area contributed by atoms with Gasteiger partial charge < -0.3 is 5.32 Å². The second-order valence-electron chi connectivity index (χ2n) is 4.80. The second kappa shape index (κ2) is 6.28. The van der Waals surface area contributed by atoms with Gasteiger partial charge in [-0.05, 0) is 32.0 Å². The number of anilines is 1. The summed E-state index contributed by atoms with van der Waals surface area (Å²) >= 11 is 0. The summed E-state index contributed by atoms with van der Waals surface area (Å²) in [6.07, 6.45) is 0. The standard InChI is InChI=1S/C14H20N4O2S/c1-4-15-9-12-7-5-6-8-13(12)21(19,20)18-14-10(2)16-17-11(14)3/h5-8,15,18H,4,9H2,1-3H3,(H,16,17). The van der Waals surface area contributed by atoms with Crippen LogP contribution in [0.3, 0.4) is 0 Å². The van der Waals surface area contributed by atoms with Crippen LogP contribution >= 0.6 is 0 Å². The summed E-state index contributed by atoms with van der Waals surface area (Å²) in [7, 11) is -3.64. The van der Waals surface area contributed by atoms with E-state index in [2.05, 4.69) is 20.2 Å². The molecule has 0 aliphatic heterocycles. The van der Waals surface area contributed by atoms with Crippen LogP contribution in [0.1, 0.15) is 23.9 Å². The molecule has 0 bridgehead atoms. The summed E-state index contributed by atoms with van der Waals surface area (Å²) in [5, 5.41) is 9.92. The molecule has 1 aromatic heterocycles. The van der Waals surface area contributed by atoms with Crippen LogP contribution in [0.5, 0.6) is 0 Å². The van der Waals surface area contributed by atoms with Gasteiger partial charge in [-0.2, -0.15) is 5.10 Å². The molecule has 114 valence electrons. The molecule has 2 aromatic rings. The first-order valence-electron chi connectivity index (χ1n) is 6.78. The lowest BCUT2D eigenvalue weighted by molar-refractivity contribution is 0.598. The topological polar surface area (TPSA) is 86.9 Å². The lowest BCUT2D eigenvalue weighted by Gasteiger charge is -2.12. The summed E-state index contributed by atoms with van der Waals surface area (Å²) in [5.41, 5.74) is 2.57. The van der Waals surface area contributed by atoms with E-state index in [0.29, 0.717) is 23.6 Å². The van der Waals surface area contributed by atoms with E-state index in [-0.39, 0.29) is 4.90 Å². The largest absolute Gasteiger partial charge is 0.313 e. The van der Waals surface area contributed by atoms with E-state index >= 15 is 0 Å². The van der Waals surface area contributed by atoms with E-state index in [1.165, 1.54) is 0 Å². The monoisotopic (exact) mass is 308 g/mol. The molecular weight excluding hydrogens is 288 g/mol. The average molecular weight is 308 g/mol. The van der Waals surface area contributed by atoms with Crippen molar-refractivity contribution in [3.8, 4) is 0 Å². The number of H-pyrrole nitrogens is 1. The van der Waals surface area contributed by atoms with Crippen molar-refractivity contribution in [1.82, 2.24) is 15.5 Å². The van der Waals surface area contributed by atoms with Crippen molar-refractivity contribution in [3.63, 3.8) is 0 Å². The highest BCUT2D eigenvalue weighted by atomic mass is 32.2. The van der Waals surface area contributed by atoms with Crippen molar-refractivity contribution in [3.05, 3.63) is 41.2 Å². The fourth-order valence-corrected chi connectivity index (χ4v) is 3.48. The molecule has 2 rings (SSSR count). The van der Waals surface area contributed by atoms with Gasteiger partial charge in [-0.25, -0.2) is 8.42 Å². The van der Waals surface area contributed by atoms with Gasteiger partial charge in [0.2, 0.25) is 0 Å². The number of rotatable bonds is 6. The first kappa shape index (κ1) is 15.5. The number of nitrogens with zero attached hydrogens (tertiary/aromatic N) is 1. The highest BCUT2D eigenvalue weighted by Gasteiger charge is 2.20. The number of hydrogen-bond donors (Lipinski definition) is 3. The molecule has 0 aliphatic carbocycles. The first-order chi connectivity index (χ1) is 9.95. The number of aromatic nitrogens is 2. The Morgan fingerprint density at radius 3 is 2.57 bits per heavy atom. The molecule has 6 nitrogen and oxygen atoms in total. The summed E-state index contributed by atoms with van der Waals surface area (Å²) in [6.45, 7) is 6.81. The Labute approximate surface area is 125 Å². The fourth-order valence-electron chi connectivity index (χ4n) is 2.06. The van der Waals surface area contributed by atoms with Gasteiger partial charge in [-0.15, -0.1) is 0 Å². The van der Waals surface area contributed by atoms with Crippen molar-refractivity contribution in [2.45, 2.75) is 32.2 Å². The van der Waals surface area contributed by atoms with Gasteiger partial charge in [-0.3, -0.25) is 9.82 Å². The first-order valence-corrected chi connectivity index (χ1v) is 8.27. The van der Waals surface area contributed by atoms with Crippen LogP contribution in [0, 0.1) is 13.8 Å². The SMILES string of the molecule is CCNCc1ccccc1S(=O)(=O)Nc1c(C)n[nH]c1C. The minimum Gasteiger partial charge on any atom is -0.313 e. The van der Waals surface area contributed by atoms with Crippen LogP contribution in [-0.2, 0) is 16.6 Å². The predicted octanol–water partition coefficient (Wildman–Crippen LogP) is 1.94. The molecule has 0 amide bonds. The van der Waals surface area contributed by atoms with Crippen LogP contribution in [0.25, 0.3) is 0 Å². The Morgan fingerprint density at radius 2 is 1.95 bits per heavy atom. The zero-order chi connectivity index (χ0) is 15.5. The lowest BCUT2D eigenvalue weighted by Crippen LogP contribution is -2.19. The molecule has 0 fully saturated rings. The number of nitrogens with one attached hydrogen (secondary N) is 3. The zero-order valence-corrected chi connectivity index (χ0v) is 13.2. The van der Waals surface area contributed by atoms with Gasteiger partial charge in [0.05, 0.1) is 22.0 Å². The number of aryl methyl sites for hydroxylation is 2. The zero-order valence-electron chi connectivity index (χ0n) is 12.4. The Hall–Kier alpha value is -1.86. The molecule has 1 heterocycles. The van der Waals surface area contributed by atoms with E-state index in [1.54, 1.807) is 26.0 Å². The molecule has 3 N–H and O–H groups in total. The van der Waals surface area contributed by atoms with Crippen molar-refractivity contribution in [1.29, 1.82) is 0 Å². The third-order valence-corrected chi connectivity index (χ3v) is 4.64. The van der Waals surface area contributed by atoms with Gasteiger partial charge in [0.1, 0.15) is 0 Å². The maximum Gasteiger partial charge on any atom is 0.262 e. The quantitative estimate of drug-likeness (QED) is 0.761. The van der Waals surface area contributed by atoms with Gasteiger partial charge in [0, 0.05) is 6.54 Å². The van der Waals surface area contributed by atoms with Crippen molar-refractivity contribution in [2.75, 3.05) is 11.3 Å². The normalized spacial score (nSPS) is 11.6. The average Bonchev–Trinajstić information content (AvgIpc) is 2.77. The predicted molar refractivity (Wildman–Crippen MR) is 82.7 cm³/mol. The molecule has 0 spiro atoms. The lowest BCUT2D eigenvalue weighted by atomic mass is 10.2. The van der Waals surface area contributed by atoms with Gasteiger partial charge in [-0.1, -0.05) is 25.1 Å². The van der Waals surface area contributed by atoms with Crippen LogP contribution in [0.2, 0.25) is 0 Å². The van der Waals surface area contributed by atoms with E-state index in [1.807, 2.05) is 19.1 Å². The minimum absolute atomic E-state index is 0.283. The smallest absolute Gasteiger partial charge is 0.262 e. The van der Waals surface area contributed by atoms with Crippen molar-refractivity contribution < 1.29 is 8.42 Å². The van der Waals surface area contributed by atoms with E-state index in [9.17, 15) is 8.42 Å². The molecule has 0 atom stereocenters. The van der Waals surface area contributed by atoms with Crippen LogP contribution in [-0.4, -0.2) is 25.2 Å². The highest BCUT2D eigenvalue weighted by molar-refractivity contribution is 7.92. The van der Waals surface area contributed by atoms with Crippen molar-refractivity contribution >= 4 is 15.7 Å². The van der Waals surface area contributed by atoms with Gasteiger partial charge in [0.25, 0.3) is 10.0 Å². The molecule has 21 heavy (non-hydrogen) atoms. The fraction of sp³-hybridized carbons (Fsp3) is 0.357. The molecule has 1 aromatic carbocycles. The van der Waals surface area contributed by atoms with E-state index in [0.717, 1.165) is 12.1 Å². The third-order valence-electron chi connectivity index (χ3n) is 3.19. The van der Waals surface area contributed by atoms with E-state index in [4.69, 9.17) is 0 Å². The summed E-state index contributed by atoms with van der Waals surface area (Å²) in [5.74, 6) is 0. The molecule has 7 heteroatoms. The summed E-state index contributed by atoms with van der Waals surface area (Å²) < 4.78 is 27.8. The maximum absolute atomic E-state index is 12.6. The Bertz CT molecular complexity index is 703. The Morgan fingerprint density at radius 1 is 1.24 bits per heavy atom. The maximum atomic E-state index is 12.6. The minimum atomic E-state index is -3.64. The third kappa shape index (κ3) is 3.43. The van der Waals surface area contributed by atoms with Crippen LogP contribution in [0.15, 0.2) is 29.2 Å². The number of hydrogen-bond acceptors (Lipinski definition) is 4. The summed E-state index contributed by atoms with van der Waals surface area (Å²) in [6, 6.07) is 6.98. The second-order valence-corrected chi connectivity index (χ2v) is 6.45. The molecule has 0 saturated carbocycles. The van der Waals surface area contributed by atoms with E-state index < -0.39 is 10.0 Å².